The minimum absolute atomic E-state index is 0.309. The Balaban J connectivity index is 2.41. The summed E-state index contributed by atoms with van der Waals surface area (Å²) in [6.07, 6.45) is 0. The van der Waals surface area contributed by atoms with Gasteiger partial charge in [0.05, 0.1) is 18.2 Å². The first-order valence-corrected chi connectivity index (χ1v) is 6.64. The third kappa shape index (κ3) is 2.86. The molecule has 0 bridgehead atoms. The molecule has 100 valence electrons. The van der Waals surface area contributed by atoms with E-state index in [0.717, 1.165) is 16.7 Å². The highest BCUT2D eigenvalue weighted by Gasteiger charge is 2.15. The summed E-state index contributed by atoms with van der Waals surface area (Å²) in [6.45, 7) is 1.96. The molecular formula is C15H15Cl2NO. The van der Waals surface area contributed by atoms with Crippen molar-refractivity contribution >= 4 is 23.2 Å². The van der Waals surface area contributed by atoms with Gasteiger partial charge in [0.1, 0.15) is 5.75 Å². The lowest BCUT2D eigenvalue weighted by Gasteiger charge is -2.16. The van der Waals surface area contributed by atoms with Crippen LogP contribution < -0.4 is 10.5 Å². The summed E-state index contributed by atoms with van der Waals surface area (Å²) in [6, 6.07) is 11.0. The van der Waals surface area contributed by atoms with Crippen LogP contribution in [0.4, 0.5) is 0 Å². The highest BCUT2D eigenvalue weighted by atomic mass is 35.5. The second-order valence-electron chi connectivity index (χ2n) is 4.35. The van der Waals surface area contributed by atoms with Gasteiger partial charge < -0.3 is 10.5 Å². The molecule has 0 aliphatic carbocycles. The molecule has 1 atom stereocenters. The normalized spacial score (nSPS) is 12.3. The van der Waals surface area contributed by atoms with Crippen LogP contribution in [0.1, 0.15) is 22.7 Å². The largest absolute Gasteiger partial charge is 0.495 e. The molecule has 2 aromatic rings. The molecule has 1 unspecified atom stereocenters. The molecule has 0 heterocycles. The Morgan fingerprint density at radius 2 is 1.89 bits per heavy atom. The van der Waals surface area contributed by atoms with Crippen LogP contribution in [-0.4, -0.2) is 7.11 Å². The fourth-order valence-electron chi connectivity index (χ4n) is 1.97. The molecule has 0 saturated heterocycles. The van der Waals surface area contributed by atoms with Gasteiger partial charge in [-0.25, -0.2) is 0 Å². The molecule has 0 aliphatic rings. The van der Waals surface area contributed by atoms with Crippen molar-refractivity contribution in [3.63, 3.8) is 0 Å². The Kier molecular flexibility index (Phi) is 4.35. The van der Waals surface area contributed by atoms with Gasteiger partial charge in [-0.2, -0.15) is 0 Å². The zero-order chi connectivity index (χ0) is 14.0. The van der Waals surface area contributed by atoms with Gasteiger partial charge in [0.2, 0.25) is 0 Å². The highest BCUT2D eigenvalue weighted by Crippen LogP contribution is 2.32. The van der Waals surface area contributed by atoms with Crippen molar-refractivity contribution in [2.75, 3.05) is 7.11 Å². The number of halogens is 2. The van der Waals surface area contributed by atoms with E-state index in [1.807, 2.05) is 37.3 Å². The summed E-state index contributed by atoms with van der Waals surface area (Å²) in [5.74, 6) is 0.632. The molecule has 2 rings (SSSR count). The van der Waals surface area contributed by atoms with Crippen molar-refractivity contribution in [1.82, 2.24) is 0 Å². The van der Waals surface area contributed by atoms with Crippen LogP contribution in [0.5, 0.6) is 5.75 Å². The van der Waals surface area contributed by atoms with E-state index >= 15 is 0 Å². The molecule has 2 nitrogen and oxygen atoms in total. The number of aryl methyl sites for hydroxylation is 1. The van der Waals surface area contributed by atoms with E-state index in [-0.39, 0.29) is 6.04 Å². The topological polar surface area (TPSA) is 35.2 Å². The molecule has 0 amide bonds. The lowest BCUT2D eigenvalue weighted by Crippen LogP contribution is -2.12. The van der Waals surface area contributed by atoms with E-state index < -0.39 is 0 Å². The average molecular weight is 296 g/mol. The molecule has 4 heteroatoms. The Labute approximate surface area is 123 Å². The van der Waals surface area contributed by atoms with Crippen LogP contribution in [-0.2, 0) is 0 Å². The zero-order valence-corrected chi connectivity index (χ0v) is 12.3. The zero-order valence-electron chi connectivity index (χ0n) is 10.8. The van der Waals surface area contributed by atoms with Crippen LogP contribution in [0.25, 0.3) is 0 Å². The van der Waals surface area contributed by atoms with Gasteiger partial charge in [-0.05, 0) is 35.7 Å². The first-order chi connectivity index (χ1) is 9.04. The Hall–Kier alpha value is -1.22. The number of hydrogen-bond acceptors (Lipinski definition) is 2. The van der Waals surface area contributed by atoms with Gasteiger partial charge in [0, 0.05) is 5.02 Å². The van der Waals surface area contributed by atoms with Crippen molar-refractivity contribution in [3.8, 4) is 5.75 Å². The van der Waals surface area contributed by atoms with Crippen molar-refractivity contribution in [3.05, 3.63) is 63.1 Å². The molecular weight excluding hydrogens is 281 g/mol. The number of nitrogens with two attached hydrogens (primary N) is 1. The van der Waals surface area contributed by atoms with Gasteiger partial charge in [-0.15, -0.1) is 0 Å². The summed E-state index contributed by atoms with van der Waals surface area (Å²) >= 11 is 12.4. The van der Waals surface area contributed by atoms with Crippen LogP contribution in [0.2, 0.25) is 10.0 Å². The predicted molar refractivity (Wildman–Crippen MR) is 80.2 cm³/mol. The molecule has 2 N–H and O–H groups in total. The van der Waals surface area contributed by atoms with Gasteiger partial charge in [-0.1, -0.05) is 47.5 Å². The van der Waals surface area contributed by atoms with Crippen molar-refractivity contribution < 1.29 is 4.74 Å². The van der Waals surface area contributed by atoms with E-state index in [1.165, 1.54) is 0 Å². The van der Waals surface area contributed by atoms with Gasteiger partial charge in [0.15, 0.2) is 0 Å². The minimum atomic E-state index is -0.309. The maximum absolute atomic E-state index is 6.30. The summed E-state index contributed by atoms with van der Waals surface area (Å²) in [7, 11) is 1.58. The van der Waals surface area contributed by atoms with Gasteiger partial charge in [0.25, 0.3) is 0 Å². The van der Waals surface area contributed by atoms with Crippen LogP contribution in [0.3, 0.4) is 0 Å². The fraction of sp³-hybridized carbons (Fsp3) is 0.200. The van der Waals surface area contributed by atoms with Crippen molar-refractivity contribution in [2.45, 2.75) is 13.0 Å². The number of benzene rings is 2. The van der Waals surface area contributed by atoms with Gasteiger partial charge >= 0.3 is 0 Å². The Morgan fingerprint density at radius 3 is 2.53 bits per heavy atom. The van der Waals surface area contributed by atoms with Crippen LogP contribution in [0.15, 0.2) is 36.4 Å². The first kappa shape index (κ1) is 14.2. The Bertz CT molecular complexity index is 599. The Morgan fingerprint density at radius 1 is 1.16 bits per heavy atom. The van der Waals surface area contributed by atoms with Crippen LogP contribution >= 0.6 is 23.2 Å². The number of rotatable bonds is 3. The molecule has 0 fully saturated rings. The SMILES string of the molecule is COc1ccc(C(N)c2cccc(C)c2Cl)cc1Cl. The highest BCUT2D eigenvalue weighted by molar-refractivity contribution is 6.32. The lowest BCUT2D eigenvalue weighted by atomic mass is 9.98. The first-order valence-electron chi connectivity index (χ1n) is 5.88. The third-order valence-electron chi connectivity index (χ3n) is 3.09. The third-order valence-corrected chi connectivity index (χ3v) is 3.90. The molecule has 2 aromatic carbocycles. The quantitative estimate of drug-likeness (QED) is 0.913. The van der Waals surface area contributed by atoms with Crippen LogP contribution in [0, 0.1) is 6.92 Å². The number of ether oxygens (including phenoxy) is 1. The number of hydrogen-bond donors (Lipinski definition) is 1. The maximum atomic E-state index is 6.30. The fourth-order valence-corrected chi connectivity index (χ4v) is 2.48. The second kappa shape index (κ2) is 5.83. The smallest absolute Gasteiger partial charge is 0.137 e. The molecule has 0 aromatic heterocycles. The molecule has 0 saturated carbocycles. The number of methoxy groups -OCH3 is 1. The second-order valence-corrected chi connectivity index (χ2v) is 5.13. The standard InChI is InChI=1S/C15H15Cl2NO/c1-9-4-3-5-11(14(9)17)15(18)10-6-7-13(19-2)12(16)8-10/h3-8,15H,18H2,1-2H3. The predicted octanol–water partition coefficient (Wildman–Crippen LogP) is 4.36. The minimum Gasteiger partial charge on any atom is -0.495 e. The van der Waals surface area contributed by atoms with E-state index in [0.29, 0.717) is 15.8 Å². The van der Waals surface area contributed by atoms with Crippen molar-refractivity contribution in [2.24, 2.45) is 5.73 Å². The summed E-state index contributed by atoms with van der Waals surface area (Å²) in [5, 5.41) is 1.24. The monoisotopic (exact) mass is 295 g/mol. The summed E-state index contributed by atoms with van der Waals surface area (Å²) < 4.78 is 5.13. The molecule has 0 spiro atoms. The summed E-state index contributed by atoms with van der Waals surface area (Å²) in [4.78, 5) is 0. The van der Waals surface area contributed by atoms with Gasteiger partial charge in [-0.3, -0.25) is 0 Å². The maximum Gasteiger partial charge on any atom is 0.137 e. The van der Waals surface area contributed by atoms with E-state index in [9.17, 15) is 0 Å². The molecule has 0 radical (unpaired) electrons. The van der Waals surface area contributed by atoms with E-state index in [2.05, 4.69) is 0 Å². The average Bonchev–Trinajstić information content (AvgIpc) is 2.41. The molecule has 19 heavy (non-hydrogen) atoms. The summed E-state index contributed by atoms with van der Waals surface area (Å²) in [5.41, 5.74) is 9.06. The molecule has 0 aliphatic heterocycles. The lowest BCUT2D eigenvalue weighted by molar-refractivity contribution is 0.415. The van der Waals surface area contributed by atoms with E-state index in [4.69, 9.17) is 33.7 Å². The van der Waals surface area contributed by atoms with Crippen molar-refractivity contribution in [1.29, 1.82) is 0 Å². The van der Waals surface area contributed by atoms with E-state index in [1.54, 1.807) is 13.2 Å².